The zero-order chi connectivity index (χ0) is 21.8. The van der Waals surface area contributed by atoms with Crippen molar-refractivity contribution in [1.82, 2.24) is 24.9 Å². The first-order valence-corrected chi connectivity index (χ1v) is 10.4. The van der Waals surface area contributed by atoms with Crippen LogP contribution in [-0.2, 0) is 13.1 Å². The number of nitrogen functional groups attached to an aromatic ring is 1. The van der Waals surface area contributed by atoms with E-state index in [0.29, 0.717) is 29.1 Å². The van der Waals surface area contributed by atoms with Gasteiger partial charge in [-0.3, -0.25) is 9.48 Å². The fraction of sp³-hybridized carbons (Fsp3) is 0.300. The molecule has 0 saturated carbocycles. The van der Waals surface area contributed by atoms with Gasteiger partial charge in [-0.1, -0.05) is 5.21 Å². The van der Waals surface area contributed by atoms with Crippen molar-refractivity contribution in [3.05, 3.63) is 62.9 Å². The van der Waals surface area contributed by atoms with Crippen molar-refractivity contribution in [2.75, 3.05) is 12.8 Å². The van der Waals surface area contributed by atoms with Crippen molar-refractivity contribution in [1.29, 1.82) is 0 Å². The number of anilines is 1. The quantitative estimate of drug-likeness (QED) is 0.476. The Labute approximate surface area is 187 Å². The highest BCUT2D eigenvalue weighted by atomic mass is 127. The van der Waals surface area contributed by atoms with Crippen molar-refractivity contribution in [2.24, 2.45) is 0 Å². The van der Waals surface area contributed by atoms with Crippen LogP contribution in [0.15, 0.2) is 36.7 Å². The number of aryl methyl sites for hydroxylation is 1. The molecule has 0 fully saturated rings. The van der Waals surface area contributed by atoms with E-state index in [0.717, 1.165) is 3.57 Å². The Morgan fingerprint density at radius 3 is 2.87 bits per heavy atom. The van der Waals surface area contributed by atoms with E-state index in [4.69, 9.17) is 10.5 Å². The van der Waals surface area contributed by atoms with E-state index in [2.05, 4.69) is 37.9 Å². The van der Waals surface area contributed by atoms with Gasteiger partial charge in [-0.25, -0.2) is 9.37 Å². The third kappa shape index (κ3) is 5.04. The van der Waals surface area contributed by atoms with Crippen LogP contribution in [-0.4, -0.2) is 37.8 Å². The fourth-order valence-corrected chi connectivity index (χ4v) is 3.35. The molecule has 10 heteroatoms. The molecular formula is C20H22FIN6O2. The van der Waals surface area contributed by atoms with E-state index in [-0.39, 0.29) is 18.3 Å². The molecule has 30 heavy (non-hydrogen) atoms. The van der Waals surface area contributed by atoms with Gasteiger partial charge in [-0.05, 0) is 60.7 Å². The third-order valence-electron chi connectivity index (χ3n) is 4.49. The van der Waals surface area contributed by atoms with E-state index in [1.54, 1.807) is 37.1 Å². The van der Waals surface area contributed by atoms with Crippen LogP contribution in [0.1, 0.15) is 41.6 Å². The molecule has 1 atom stereocenters. The number of pyridine rings is 1. The molecule has 8 nitrogen and oxygen atoms in total. The molecule has 3 aromatic rings. The van der Waals surface area contributed by atoms with Gasteiger partial charge >= 0.3 is 0 Å². The smallest absolute Gasteiger partial charge is 0.254 e. The molecule has 158 valence electrons. The monoisotopic (exact) mass is 524 g/mol. The van der Waals surface area contributed by atoms with Gasteiger partial charge in [0.05, 0.1) is 12.7 Å². The van der Waals surface area contributed by atoms with Crippen LogP contribution in [0, 0.1) is 9.39 Å². The lowest BCUT2D eigenvalue weighted by Crippen LogP contribution is -2.28. The molecular weight excluding hydrogens is 502 g/mol. The van der Waals surface area contributed by atoms with E-state index in [9.17, 15) is 9.18 Å². The lowest BCUT2D eigenvalue weighted by molar-refractivity contribution is 0.0778. The molecule has 0 bridgehead atoms. The van der Waals surface area contributed by atoms with E-state index in [1.807, 2.05) is 6.92 Å². The zero-order valence-corrected chi connectivity index (χ0v) is 19.0. The average Bonchev–Trinajstić information content (AvgIpc) is 3.17. The highest BCUT2D eigenvalue weighted by Crippen LogP contribution is 2.29. The Balaban J connectivity index is 1.84. The minimum Gasteiger partial charge on any atom is -0.482 e. The third-order valence-corrected chi connectivity index (χ3v) is 5.08. The lowest BCUT2D eigenvalue weighted by atomic mass is 10.0. The molecule has 0 spiro atoms. The van der Waals surface area contributed by atoms with Gasteiger partial charge in [0, 0.05) is 34.5 Å². The summed E-state index contributed by atoms with van der Waals surface area (Å²) in [6, 6.07) is 5.76. The fourth-order valence-electron chi connectivity index (χ4n) is 2.93. The number of nitrogens with zero attached hydrogens (tertiary/aromatic N) is 5. The number of hydrogen-bond acceptors (Lipinski definition) is 6. The van der Waals surface area contributed by atoms with Crippen molar-refractivity contribution < 1.29 is 13.9 Å². The van der Waals surface area contributed by atoms with Gasteiger partial charge in [0.2, 0.25) is 0 Å². The second-order valence-corrected chi connectivity index (χ2v) is 8.00. The summed E-state index contributed by atoms with van der Waals surface area (Å²) in [6.07, 6.45) is 2.78. The molecule has 2 aromatic heterocycles. The SMILES string of the molecule is CCn1cc(CN(C)C(=O)c2ccc(F)cc2[C@@H](C)Oc2cc(I)cnc2N)nn1. The number of carbonyl (C=O) groups excluding carboxylic acids is 1. The number of amides is 1. The molecule has 0 aliphatic carbocycles. The molecule has 0 saturated heterocycles. The molecule has 1 aromatic carbocycles. The summed E-state index contributed by atoms with van der Waals surface area (Å²) >= 11 is 2.10. The zero-order valence-electron chi connectivity index (χ0n) is 16.8. The number of halogens is 2. The molecule has 0 unspecified atom stereocenters. The number of benzene rings is 1. The van der Waals surface area contributed by atoms with Crippen LogP contribution in [0.2, 0.25) is 0 Å². The van der Waals surface area contributed by atoms with Gasteiger partial charge < -0.3 is 15.4 Å². The summed E-state index contributed by atoms with van der Waals surface area (Å²) in [7, 11) is 1.66. The first-order chi connectivity index (χ1) is 14.3. The summed E-state index contributed by atoms with van der Waals surface area (Å²) in [5.74, 6) is -0.135. The van der Waals surface area contributed by atoms with Gasteiger partial charge in [0.1, 0.15) is 17.6 Å². The summed E-state index contributed by atoms with van der Waals surface area (Å²) in [4.78, 5) is 18.7. The number of rotatable bonds is 7. The average molecular weight is 524 g/mol. The minimum atomic E-state index is -0.628. The first-order valence-electron chi connectivity index (χ1n) is 9.30. The van der Waals surface area contributed by atoms with Crippen molar-refractivity contribution in [3.8, 4) is 5.75 Å². The highest BCUT2D eigenvalue weighted by Gasteiger charge is 2.22. The maximum Gasteiger partial charge on any atom is 0.254 e. The Kier molecular flexibility index (Phi) is 6.85. The van der Waals surface area contributed by atoms with Crippen molar-refractivity contribution in [2.45, 2.75) is 33.0 Å². The van der Waals surface area contributed by atoms with Crippen molar-refractivity contribution >= 4 is 34.3 Å². The number of aromatic nitrogens is 4. The summed E-state index contributed by atoms with van der Waals surface area (Å²) in [5.41, 5.74) is 7.31. The van der Waals surface area contributed by atoms with Gasteiger partial charge in [-0.2, -0.15) is 0 Å². The van der Waals surface area contributed by atoms with Gasteiger partial charge in [-0.15, -0.1) is 5.10 Å². The number of carbonyl (C=O) groups is 1. The predicted molar refractivity (Wildman–Crippen MR) is 118 cm³/mol. The molecule has 3 rings (SSSR count). The summed E-state index contributed by atoms with van der Waals surface area (Å²) in [5, 5.41) is 8.04. The molecule has 2 N–H and O–H groups in total. The number of ether oxygens (including phenoxy) is 1. The minimum absolute atomic E-state index is 0.225. The molecule has 0 aliphatic rings. The van der Waals surface area contributed by atoms with E-state index >= 15 is 0 Å². The second kappa shape index (κ2) is 9.37. The molecule has 0 aliphatic heterocycles. The summed E-state index contributed by atoms with van der Waals surface area (Å²) in [6.45, 7) is 4.66. The Hall–Kier alpha value is -2.76. The predicted octanol–water partition coefficient (Wildman–Crippen LogP) is 3.43. The Morgan fingerprint density at radius 1 is 1.40 bits per heavy atom. The number of nitrogens with two attached hydrogens (primary N) is 1. The van der Waals surface area contributed by atoms with Crippen molar-refractivity contribution in [3.63, 3.8) is 0 Å². The largest absolute Gasteiger partial charge is 0.482 e. The van der Waals surface area contributed by atoms with Crippen LogP contribution in [0.3, 0.4) is 0 Å². The standard InChI is InChI=1S/C20H22FIN6O2/c1-4-28-11-15(25-26-28)10-27(3)20(29)16-6-5-13(21)7-17(16)12(2)30-18-8-14(22)9-24-19(18)23/h5-9,11-12H,4,10H2,1-3H3,(H2,23,24)/t12-/m1/s1. The van der Waals surface area contributed by atoms with Crippen LogP contribution in [0.4, 0.5) is 10.2 Å². The Morgan fingerprint density at radius 2 is 2.17 bits per heavy atom. The van der Waals surface area contributed by atoms with Crippen LogP contribution < -0.4 is 10.5 Å². The van der Waals surface area contributed by atoms with Crippen LogP contribution >= 0.6 is 22.6 Å². The van der Waals surface area contributed by atoms with Gasteiger partial charge in [0.25, 0.3) is 5.91 Å². The van der Waals surface area contributed by atoms with E-state index in [1.165, 1.54) is 23.1 Å². The molecule has 2 heterocycles. The summed E-state index contributed by atoms with van der Waals surface area (Å²) < 4.78 is 22.5. The normalized spacial score (nSPS) is 11.9. The first kappa shape index (κ1) is 21.9. The molecule has 0 radical (unpaired) electrons. The Bertz CT molecular complexity index is 1060. The maximum absolute atomic E-state index is 14.0. The maximum atomic E-state index is 14.0. The van der Waals surface area contributed by atoms with E-state index < -0.39 is 11.9 Å². The topological polar surface area (TPSA) is 99.2 Å². The van der Waals surface area contributed by atoms with Crippen LogP contribution in [0.25, 0.3) is 0 Å². The lowest BCUT2D eigenvalue weighted by Gasteiger charge is -2.22. The van der Waals surface area contributed by atoms with Crippen LogP contribution in [0.5, 0.6) is 5.75 Å². The highest BCUT2D eigenvalue weighted by molar-refractivity contribution is 14.1. The second-order valence-electron chi connectivity index (χ2n) is 6.76. The van der Waals surface area contributed by atoms with Gasteiger partial charge in [0.15, 0.2) is 11.6 Å². The number of hydrogen-bond donors (Lipinski definition) is 1. The molecule has 1 amide bonds.